The SMILES string of the molecule is NNC(CC1CCCC1)C1(c2ccccc2)CCOCC1. The molecule has 1 saturated carbocycles. The van der Waals surface area contributed by atoms with Gasteiger partial charge in [-0.1, -0.05) is 56.0 Å². The lowest BCUT2D eigenvalue weighted by Gasteiger charge is -2.44. The summed E-state index contributed by atoms with van der Waals surface area (Å²) < 4.78 is 5.64. The summed E-state index contributed by atoms with van der Waals surface area (Å²) in [7, 11) is 0. The van der Waals surface area contributed by atoms with Gasteiger partial charge in [0, 0.05) is 24.7 Å². The van der Waals surface area contributed by atoms with Crippen LogP contribution < -0.4 is 11.3 Å². The highest BCUT2D eigenvalue weighted by Gasteiger charge is 2.42. The van der Waals surface area contributed by atoms with Gasteiger partial charge in [0.1, 0.15) is 0 Å². The molecule has 3 rings (SSSR count). The standard InChI is InChI=1S/C18H28N2O/c19-20-17(14-15-6-4-5-7-15)18(10-12-21-13-11-18)16-8-2-1-3-9-16/h1-3,8-9,15,17,20H,4-7,10-14,19H2. The molecular weight excluding hydrogens is 260 g/mol. The van der Waals surface area contributed by atoms with E-state index >= 15 is 0 Å². The Kier molecular flexibility index (Phi) is 4.94. The highest BCUT2D eigenvalue weighted by Crippen LogP contribution is 2.41. The van der Waals surface area contributed by atoms with Crippen molar-refractivity contribution >= 4 is 0 Å². The monoisotopic (exact) mass is 288 g/mol. The third-order valence-corrected chi connectivity index (χ3v) is 5.65. The molecule has 116 valence electrons. The van der Waals surface area contributed by atoms with Crippen molar-refractivity contribution < 1.29 is 4.74 Å². The third kappa shape index (κ3) is 3.15. The molecule has 1 saturated heterocycles. The van der Waals surface area contributed by atoms with Gasteiger partial charge in [-0.3, -0.25) is 11.3 Å². The Bertz CT molecular complexity index is 422. The van der Waals surface area contributed by atoms with Crippen molar-refractivity contribution in [1.82, 2.24) is 5.43 Å². The number of hydrogen-bond acceptors (Lipinski definition) is 3. The van der Waals surface area contributed by atoms with Crippen LogP contribution in [0, 0.1) is 5.92 Å². The Morgan fingerprint density at radius 1 is 1.14 bits per heavy atom. The van der Waals surface area contributed by atoms with E-state index < -0.39 is 0 Å². The fraction of sp³-hybridized carbons (Fsp3) is 0.667. The van der Waals surface area contributed by atoms with Crippen molar-refractivity contribution in [2.45, 2.75) is 56.4 Å². The van der Waals surface area contributed by atoms with Crippen LogP contribution in [0.2, 0.25) is 0 Å². The molecule has 0 bridgehead atoms. The molecule has 0 amide bonds. The summed E-state index contributed by atoms with van der Waals surface area (Å²) >= 11 is 0. The lowest BCUT2D eigenvalue weighted by atomic mass is 9.66. The predicted molar refractivity (Wildman–Crippen MR) is 85.9 cm³/mol. The maximum atomic E-state index is 6.01. The van der Waals surface area contributed by atoms with E-state index in [4.69, 9.17) is 10.6 Å². The zero-order chi connectivity index (χ0) is 14.5. The molecule has 0 spiro atoms. The molecule has 1 aliphatic heterocycles. The van der Waals surface area contributed by atoms with Crippen LogP contribution >= 0.6 is 0 Å². The molecule has 3 heteroatoms. The minimum absolute atomic E-state index is 0.136. The topological polar surface area (TPSA) is 47.3 Å². The highest BCUT2D eigenvalue weighted by molar-refractivity contribution is 5.28. The van der Waals surface area contributed by atoms with E-state index in [2.05, 4.69) is 35.8 Å². The molecular formula is C18H28N2O. The lowest BCUT2D eigenvalue weighted by Crippen LogP contribution is -2.54. The van der Waals surface area contributed by atoms with Gasteiger partial charge in [0.25, 0.3) is 0 Å². The number of hydrogen-bond donors (Lipinski definition) is 2. The van der Waals surface area contributed by atoms with Gasteiger partial charge in [0.05, 0.1) is 0 Å². The van der Waals surface area contributed by atoms with Crippen LogP contribution in [0.5, 0.6) is 0 Å². The van der Waals surface area contributed by atoms with Gasteiger partial charge in [0.15, 0.2) is 0 Å². The van der Waals surface area contributed by atoms with Gasteiger partial charge >= 0.3 is 0 Å². The van der Waals surface area contributed by atoms with Crippen LogP contribution in [0.4, 0.5) is 0 Å². The van der Waals surface area contributed by atoms with Gasteiger partial charge in [-0.25, -0.2) is 0 Å². The number of ether oxygens (including phenoxy) is 1. The van der Waals surface area contributed by atoms with Crippen LogP contribution in [0.1, 0.15) is 50.5 Å². The van der Waals surface area contributed by atoms with Crippen molar-refractivity contribution in [3.05, 3.63) is 35.9 Å². The van der Waals surface area contributed by atoms with E-state index in [0.29, 0.717) is 6.04 Å². The van der Waals surface area contributed by atoms with Crippen LogP contribution in [-0.4, -0.2) is 19.3 Å². The van der Waals surface area contributed by atoms with Crippen molar-refractivity contribution in [1.29, 1.82) is 0 Å². The molecule has 1 aliphatic carbocycles. The van der Waals surface area contributed by atoms with Gasteiger partial charge in [-0.15, -0.1) is 0 Å². The quantitative estimate of drug-likeness (QED) is 0.646. The molecule has 1 unspecified atom stereocenters. The van der Waals surface area contributed by atoms with Gasteiger partial charge < -0.3 is 4.74 Å². The van der Waals surface area contributed by atoms with E-state index in [0.717, 1.165) is 32.0 Å². The summed E-state index contributed by atoms with van der Waals surface area (Å²) in [4.78, 5) is 0. The van der Waals surface area contributed by atoms with Crippen LogP contribution in [0.15, 0.2) is 30.3 Å². The molecule has 1 atom stereocenters. The summed E-state index contributed by atoms with van der Waals surface area (Å²) in [5, 5.41) is 0. The zero-order valence-electron chi connectivity index (χ0n) is 12.9. The lowest BCUT2D eigenvalue weighted by molar-refractivity contribution is 0.0302. The molecule has 21 heavy (non-hydrogen) atoms. The smallest absolute Gasteiger partial charge is 0.0475 e. The number of nitrogens with one attached hydrogen (secondary N) is 1. The summed E-state index contributed by atoms with van der Waals surface area (Å²) in [6, 6.07) is 11.3. The van der Waals surface area contributed by atoms with Crippen LogP contribution in [0.25, 0.3) is 0 Å². The molecule has 2 fully saturated rings. The zero-order valence-corrected chi connectivity index (χ0v) is 12.9. The molecule has 1 aromatic rings. The third-order valence-electron chi connectivity index (χ3n) is 5.65. The maximum Gasteiger partial charge on any atom is 0.0475 e. The molecule has 0 radical (unpaired) electrons. The highest BCUT2D eigenvalue weighted by atomic mass is 16.5. The van der Waals surface area contributed by atoms with Crippen molar-refractivity contribution in [3.8, 4) is 0 Å². The first-order valence-electron chi connectivity index (χ1n) is 8.44. The average molecular weight is 288 g/mol. The summed E-state index contributed by atoms with van der Waals surface area (Å²) in [5.74, 6) is 6.86. The number of nitrogens with two attached hydrogens (primary N) is 1. The second-order valence-corrected chi connectivity index (χ2v) is 6.74. The minimum Gasteiger partial charge on any atom is -0.381 e. The van der Waals surface area contributed by atoms with E-state index in [1.165, 1.54) is 37.7 Å². The Hall–Kier alpha value is -0.900. The van der Waals surface area contributed by atoms with Crippen LogP contribution in [-0.2, 0) is 10.2 Å². The Morgan fingerprint density at radius 2 is 1.81 bits per heavy atom. The van der Waals surface area contributed by atoms with Gasteiger partial charge in [-0.05, 0) is 30.7 Å². The van der Waals surface area contributed by atoms with Crippen LogP contribution in [0.3, 0.4) is 0 Å². The largest absolute Gasteiger partial charge is 0.381 e. The number of benzene rings is 1. The normalized spacial score (nSPS) is 24.0. The minimum atomic E-state index is 0.136. The first kappa shape index (κ1) is 15.0. The summed E-state index contributed by atoms with van der Waals surface area (Å²) in [6.45, 7) is 1.69. The molecule has 0 aromatic heterocycles. The van der Waals surface area contributed by atoms with E-state index in [1.807, 2.05) is 0 Å². The number of rotatable bonds is 5. The van der Waals surface area contributed by atoms with Gasteiger partial charge in [0.2, 0.25) is 0 Å². The van der Waals surface area contributed by atoms with Crippen molar-refractivity contribution in [3.63, 3.8) is 0 Å². The molecule has 1 heterocycles. The molecule has 1 aromatic carbocycles. The summed E-state index contributed by atoms with van der Waals surface area (Å²) in [6.07, 6.45) is 8.87. The van der Waals surface area contributed by atoms with E-state index in [-0.39, 0.29) is 5.41 Å². The van der Waals surface area contributed by atoms with Crippen molar-refractivity contribution in [2.24, 2.45) is 11.8 Å². The average Bonchev–Trinajstić information content (AvgIpc) is 3.07. The fourth-order valence-corrected chi connectivity index (χ4v) is 4.38. The maximum absolute atomic E-state index is 6.01. The predicted octanol–water partition coefficient (Wildman–Crippen LogP) is 3.15. The molecule has 3 nitrogen and oxygen atoms in total. The van der Waals surface area contributed by atoms with Crippen molar-refractivity contribution in [2.75, 3.05) is 13.2 Å². The molecule has 3 N–H and O–H groups in total. The summed E-state index contributed by atoms with van der Waals surface area (Å²) in [5.41, 5.74) is 4.74. The fourth-order valence-electron chi connectivity index (χ4n) is 4.38. The molecule has 2 aliphatic rings. The number of hydrazine groups is 1. The second-order valence-electron chi connectivity index (χ2n) is 6.74. The van der Waals surface area contributed by atoms with E-state index in [9.17, 15) is 0 Å². The van der Waals surface area contributed by atoms with Gasteiger partial charge in [-0.2, -0.15) is 0 Å². The Balaban J connectivity index is 1.85. The second kappa shape index (κ2) is 6.91. The Morgan fingerprint density at radius 3 is 2.43 bits per heavy atom. The first-order chi connectivity index (χ1) is 10.3. The van der Waals surface area contributed by atoms with E-state index in [1.54, 1.807) is 0 Å². The first-order valence-corrected chi connectivity index (χ1v) is 8.44. The Labute approximate surface area is 128 Å².